The van der Waals surface area contributed by atoms with Crippen molar-refractivity contribution >= 4 is 18.1 Å². The number of benzene rings is 2. The zero-order valence-electron chi connectivity index (χ0n) is 9.59. The third-order valence-electron chi connectivity index (χ3n) is 3.16. The Balaban J connectivity index is 2.05. The van der Waals surface area contributed by atoms with Crippen LogP contribution in [0.5, 0.6) is 5.75 Å². The molecular formula is C16H10O2. The van der Waals surface area contributed by atoms with Gasteiger partial charge >= 0.3 is 0 Å². The minimum Gasteiger partial charge on any atom is -0.460 e. The molecular weight excluding hydrogens is 224 g/mol. The van der Waals surface area contributed by atoms with Crippen molar-refractivity contribution in [2.24, 2.45) is 0 Å². The minimum absolute atomic E-state index is 0.771. The smallest absolute Gasteiger partial charge is 0.177 e. The van der Waals surface area contributed by atoms with Crippen LogP contribution in [0.2, 0.25) is 0 Å². The summed E-state index contributed by atoms with van der Waals surface area (Å²) in [4.78, 5) is 0. The Hall–Kier alpha value is -2.48. The lowest BCUT2D eigenvalue weighted by Crippen LogP contribution is -2.33. The molecule has 0 N–H and O–H groups in total. The molecule has 2 aromatic rings. The van der Waals surface area contributed by atoms with Gasteiger partial charge in [-0.05, 0) is 12.1 Å². The number of ether oxygens (including phenoxy) is 2. The summed E-state index contributed by atoms with van der Waals surface area (Å²) in [5.74, 6) is 2.44. The summed E-state index contributed by atoms with van der Waals surface area (Å²) in [6.45, 7) is 0. The Kier molecular flexibility index (Phi) is 1.86. The second kappa shape index (κ2) is 3.50. The predicted octanol–water partition coefficient (Wildman–Crippen LogP) is 2.00. The first-order valence-corrected chi connectivity index (χ1v) is 5.87. The van der Waals surface area contributed by atoms with E-state index in [0.717, 1.165) is 33.3 Å². The van der Waals surface area contributed by atoms with Gasteiger partial charge in [0.25, 0.3) is 0 Å². The molecule has 4 rings (SSSR count). The third kappa shape index (κ3) is 1.29. The molecule has 2 heteroatoms. The number of para-hydroxylation sites is 1. The first kappa shape index (κ1) is 9.54. The maximum absolute atomic E-state index is 5.97. The SMILES string of the molecule is C1=C2OC=c3ccccc3=C2Oc2ccccc21. The van der Waals surface area contributed by atoms with E-state index < -0.39 is 0 Å². The molecule has 0 atom stereocenters. The molecule has 0 amide bonds. The summed E-state index contributed by atoms with van der Waals surface area (Å²) >= 11 is 0. The van der Waals surface area contributed by atoms with E-state index in [1.807, 2.05) is 54.6 Å². The lowest BCUT2D eigenvalue weighted by atomic mass is 10.1. The molecule has 0 bridgehead atoms. The van der Waals surface area contributed by atoms with Crippen molar-refractivity contribution in [2.45, 2.75) is 0 Å². The second-order valence-electron chi connectivity index (χ2n) is 4.30. The fourth-order valence-corrected chi connectivity index (χ4v) is 2.27. The van der Waals surface area contributed by atoms with E-state index >= 15 is 0 Å². The van der Waals surface area contributed by atoms with E-state index in [1.54, 1.807) is 6.26 Å². The van der Waals surface area contributed by atoms with Gasteiger partial charge in [0.1, 0.15) is 5.75 Å². The maximum atomic E-state index is 5.97. The zero-order chi connectivity index (χ0) is 11.9. The molecule has 2 aliphatic heterocycles. The minimum atomic E-state index is 0.771. The van der Waals surface area contributed by atoms with Crippen molar-refractivity contribution in [3.05, 3.63) is 70.3 Å². The molecule has 0 unspecified atom stereocenters. The molecule has 2 heterocycles. The Labute approximate surface area is 104 Å². The molecule has 2 aromatic carbocycles. The highest BCUT2D eigenvalue weighted by atomic mass is 16.5. The van der Waals surface area contributed by atoms with Crippen LogP contribution in [0, 0.1) is 0 Å². The normalized spacial score (nSPS) is 15.1. The quantitative estimate of drug-likeness (QED) is 0.694. The van der Waals surface area contributed by atoms with Crippen molar-refractivity contribution in [1.82, 2.24) is 0 Å². The Morgan fingerprint density at radius 1 is 0.833 bits per heavy atom. The number of rotatable bonds is 0. The maximum Gasteiger partial charge on any atom is 0.177 e. The van der Waals surface area contributed by atoms with Crippen LogP contribution >= 0.6 is 0 Å². The lowest BCUT2D eigenvalue weighted by molar-refractivity contribution is 0.374. The summed E-state index contributed by atoms with van der Waals surface area (Å²) in [5.41, 5.74) is 1.05. The van der Waals surface area contributed by atoms with Crippen LogP contribution in [0.25, 0.3) is 18.1 Å². The summed E-state index contributed by atoms with van der Waals surface area (Å²) < 4.78 is 11.6. The van der Waals surface area contributed by atoms with Crippen molar-refractivity contribution in [2.75, 3.05) is 0 Å². The van der Waals surface area contributed by atoms with E-state index in [4.69, 9.17) is 9.47 Å². The van der Waals surface area contributed by atoms with E-state index in [0.29, 0.717) is 0 Å². The molecule has 0 saturated heterocycles. The Bertz CT molecular complexity index is 785. The molecule has 0 fully saturated rings. The number of hydrogen-bond donors (Lipinski definition) is 0. The Morgan fingerprint density at radius 3 is 2.67 bits per heavy atom. The van der Waals surface area contributed by atoms with Crippen LogP contribution in [0.3, 0.4) is 0 Å². The van der Waals surface area contributed by atoms with Crippen molar-refractivity contribution in [1.29, 1.82) is 0 Å². The zero-order valence-corrected chi connectivity index (χ0v) is 9.59. The van der Waals surface area contributed by atoms with Gasteiger partial charge in [0.05, 0.1) is 6.26 Å². The molecule has 0 aliphatic carbocycles. The highest BCUT2D eigenvalue weighted by Gasteiger charge is 2.20. The van der Waals surface area contributed by atoms with Gasteiger partial charge in [-0.25, -0.2) is 0 Å². The molecule has 2 nitrogen and oxygen atoms in total. The summed E-state index contributed by atoms with van der Waals surface area (Å²) in [7, 11) is 0. The molecule has 0 spiro atoms. The van der Waals surface area contributed by atoms with Gasteiger partial charge in [0, 0.05) is 16.0 Å². The molecule has 0 aromatic heterocycles. The number of fused-ring (bicyclic) bond motifs is 3. The summed E-state index contributed by atoms with van der Waals surface area (Å²) in [6, 6.07) is 16.0. The van der Waals surface area contributed by atoms with Crippen LogP contribution in [0.1, 0.15) is 5.56 Å². The van der Waals surface area contributed by atoms with Gasteiger partial charge in [-0.3, -0.25) is 0 Å². The molecule has 0 saturated carbocycles. The van der Waals surface area contributed by atoms with E-state index in [-0.39, 0.29) is 0 Å². The average Bonchev–Trinajstić information content (AvgIpc) is 2.45. The molecule has 86 valence electrons. The van der Waals surface area contributed by atoms with Gasteiger partial charge in [-0.2, -0.15) is 0 Å². The van der Waals surface area contributed by atoms with Crippen LogP contribution in [0.4, 0.5) is 0 Å². The standard InChI is InChI=1S/C16H10O2/c1-3-7-13-12(6-1)10-17-15-9-11-5-2-4-8-14(11)18-16(13)15/h1-10H. The fourth-order valence-electron chi connectivity index (χ4n) is 2.27. The lowest BCUT2D eigenvalue weighted by Gasteiger charge is -2.21. The van der Waals surface area contributed by atoms with Crippen LogP contribution in [0.15, 0.2) is 54.3 Å². The van der Waals surface area contributed by atoms with Gasteiger partial charge < -0.3 is 9.47 Å². The molecule has 0 radical (unpaired) electrons. The molecule has 2 aliphatic rings. The van der Waals surface area contributed by atoms with Crippen LogP contribution in [-0.4, -0.2) is 0 Å². The van der Waals surface area contributed by atoms with Crippen molar-refractivity contribution < 1.29 is 9.47 Å². The topological polar surface area (TPSA) is 18.5 Å². The fraction of sp³-hybridized carbons (Fsp3) is 0. The van der Waals surface area contributed by atoms with Gasteiger partial charge in [0.2, 0.25) is 0 Å². The van der Waals surface area contributed by atoms with E-state index in [1.165, 1.54) is 0 Å². The Morgan fingerprint density at radius 2 is 1.67 bits per heavy atom. The summed E-state index contributed by atoms with van der Waals surface area (Å²) in [6.07, 6.45) is 3.78. The van der Waals surface area contributed by atoms with E-state index in [2.05, 4.69) is 0 Å². The first-order valence-electron chi connectivity index (χ1n) is 5.87. The molecule has 18 heavy (non-hydrogen) atoms. The first-order chi connectivity index (χ1) is 8.92. The highest BCUT2D eigenvalue weighted by molar-refractivity contribution is 5.77. The predicted molar refractivity (Wildman–Crippen MR) is 69.7 cm³/mol. The number of hydrogen-bond acceptors (Lipinski definition) is 2. The van der Waals surface area contributed by atoms with Gasteiger partial charge in [0.15, 0.2) is 11.5 Å². The average molecular weight is 234 g/mol. The monoisotopic (exact) mass is 234 g/mol. The van der Waals surface area contributed by atoms with Gasteiger partial charge in [-0.1, -0.05) is 42.5 Å². The van der Waals surface area contributed by atoms with Crippen LogP contribution in [-0.2, 0) is 4.74 Å². The van der Waals surface area contributed by atoms with Crippen molar-refractivity contribution in [3.8, 4) is 5.75 Å². The third-order valence-corrected chi connectivity index (χ3v) is 3.16. The van der Waals surface area contributed by atoms with E-state index in [9.17, 15) is 0 Å². The summed E-state index contributed by atoms with van der Waals surface area (Å²) in [5, 5.41) is 2.12. The largest absolute Gasteiger partial charge is 0.460 e. The van der Waals surface area contributed by atoms with Gasteiger partial charge in [-0.15, -0.1) is 0 Å². The van der Waals surface area contributed by atoms with Crippen molar-refractivity contribution in [3.63, 3.8) is 0 Å². The van der Waals surface area contributed by atoms with Crippen LogP contribution < -0.4 is 15.2 Å². The second-order valence-corrected chi connectivity index (χ2v) is 4.30. The highest BCUT2D eigenvalue weighted by Crippen LogP contribution is 2.32.